The number of nitriles is 4. The second kappa shape index (κ2) is 11.8. The number of carbonyl (C=O) groups excluding carboxylic acids is 4. The zero-order valence-electron chi connectivity index (χ0n) is 28.1. The predicted octanol–water partition coefficient (Wildman–Crippen LogP) is 9.87. The molecule has 4 aliphatic rings. The second-order valence-electron chi connectivity index (χ2n) is 13.7. The van der Waals surface area contributed by atoms with E-state index in [1.807, 2.05) is 36.4 Å². The quantitative estimate of drug-likeness (QED) is 0.122. The van der Waals surface area contributed by atoms with Crippen molar-refractivity contribution in [3.05, 3.63) is 107 Å². The highest BCUT2D eigenvalue weighted by Crippen LogP contribution is 2.62. The van der Waals surface area contributed by atoms with E-state index in [-0.39, 0.29) is 55.7 Å². The number of nitrogens with zero attached hydrogens (tertiary/aromatic N) is 4. The Hall–Kier alpha value is -6.32. The number of ketones is 4. The molecule has 1 saturated carbocycles. The topological polar surface area (TPSA) is 173 Å². The lowest BCUT2D eigenvalue weighted by molar-refractivity contribution is 0.0282. The number of Topliss-reactive ketones (excluding diaryl/α,β-unsaturated/α-hetero) is 4. The Bertz CT molecular complexity index is 3020. The molecule has 260 valence electrons. The van der Waals surface area contributed by atoms with Crippen molar-refractivity contribution in [3.8, 4) is 39.8 Å². The number of fused-ring (bicyclic) bond motifs is 10. The van der Waals surface area contributed by atoms with Crippen molar-refractivity contribution in [3.63, 3.8) is 0 Å². The average molecular weight is 787 g/mol. The van der Waals surface area contributed by atoms with Crippen LogP contribution in [-0.4, -0.2) is 23.1 Å². The van der Waals surface area contributed by atoms with Crippen LogP contribution in [0.15, 0.2) is 47.5 Å². The zero-order valence-corrected chi connectivity index (χ0v) is 31.4. The molecule has 6 aromatic rings. The Morgan fingerprint density at radius 2 is 0.964 bits per heavy atom. The van der Waals surface area contributed by atoms with Gasteiger partial charge in [0, 0.05) is 42.3 Å². The molecule has 2 aromatic carbocycles. The van der Waals surface area contributed by atoms with E-state index < -0.39 is 28.7 Å². The van der Waals surface area contributed by atoms with Gasteiger partial charge in [0.25, 0.3) is 0 Å². The van der Waals surface area contributed by atoms with Crippen LogP contribution in [0.4, 0.5) is 0 Å². The van der Waals surface area contributed by atoms with E-state index in [0.29, 0.717) is 0 Å². The summed E-state index contributed by atoms with van der Waals surface area (Å²) in [7, 11) is 0. The molecule has 0 unspecified atom stereocenters. The van der Waals surface area contributed by atoms with E-state index in [9.17, 15) is 40.2 Å². The number of carbonyl (C=O) groups is 4. The van der Waals surface area contributed by atoms with E-state index in [1.165, 1.54) is 46.9 Å². The van der Waals surface area contributed by atoms with Gasteiger partial charge in [-0.25, -0.2) is 0 Å². The Kier molecular flexibility index (Phi) is 7.16. The summed E-state index contributed by atoms with van der Waals surface area (Å²) >= 11 is 6.24. The molecular formula is C42H18N4O5S4. The van der Waals surface area contributed by atoms with Crippen LogP contribution >= 0.6 is 45.3 Å². The smallest absolute Gasteiger partial charge is 0.197 e. The van der Waals surface area contributed by atoms with Crippen LogP contribution in [0.2, 0.25) is 0 Å². The van der Waals surface area contributed by atoms with Crippen LogP contribution in [0.1, 0.15) is 111 Å². The number of thiophene rings is 4. The summed E-state index contributed by atoms with van der Waals surface area (Å²) in [5.41, 5.74) is 1.33. The van der Waals surface area contributed by atoms with Gasteiger partial charge in [0.2, 0.25) is 0 Å². The molecule has 0 radical (unpaired) electrons. The summed E-state index contributed by atoms with van der Waals surface area (Å²) in [4.78, 5) is 57.2. The third-order valence-corrected chi connectivity index (χ3v) is 15.5. The van der Waals surface area contributed by atoms with Crippen molar-refractivity contribution in [2.75, 3.05) is 0 Å². The predicted molar refractivity (Wildman–Crippen MR) is 209 cm³/mol. The maximum absolute atomic E-state index is 13.4. The van der Waals surface area contributed by atoms with Crippen LogP contribution < -0.4 is 4.74 Å². The van der Waals surface area contributed by atoms with Gasteiger partial charge in [-0.1, -0.05) is 6.42 Å². The third kappa shape index (κ3) is 4.62. The lowest BCUT2D eigenvalue weighted by Crippen LogP contribution is -2.37. The first-order valence-corrected chi connectivity index (χ1v) is 20.3. The van der Waals surface area contributed by atoms with E-state index in [0.717, 1.165) is 81.7 Å². The van der Waals surface area contributed by atoms with Crippen LogP contribution in [0, 0.1) is 45.3 Å². The zero-order chi connectivity index (χ0) is 37.9. The summed E-state index contributed by atoms with van der Waals surface area (Å²) in [6, 6.07) is 17.0. The van der Waals surface area contributed by atoms with Crippen LogP contribution in [0.3, 0.4) is 0 Å². The van der Waals surface area contributed by atoms with Crippen molar-refractivity contribution >= 4 is 99.4 Å². The summed E-state index contributed by atoms with van der Waals surface area (Å²) < 4.78 is 11.1. The molecule has 9 nitrogen and oxygen atoms in total. The lowest BCUT2D eigenvalue weighted by Gasteiger charge is -2.40. The van der Waals surface area contributed by atoms with Crippen LogP contribution in [0.25, 0.3) is 40.7 Å². The third-order valence-electron chi connectivity index (χ3n) is 10.7. The summed E-state index contributed by atoms with van der Waals surface area (Å²) in [6.45, 7) is 0. The van der Waals surface area contributed by atoms with Crippen molar-refractivity contribution < 1.29 is 23.9 Å². The van der Waals surface area contributed by atoms with E-state index in [2.05, 4.69) is 0 Å². The van der Waals surface area contributed by atoms with Gasteiger partial charge in [-0.15, -0.1) is 45.3 Å². The van der Waals surface area contributed by atoms with Gasteiger partial charge in [0.1, 0.15) is 29.9 Å². The molecule has 13 heteroatoms. The van der Waals surface area contributed by atoms with Gasteiger partial charge in [-0.3, -0.25) is 19.2 Å². The summed E-state index contributed by atoms with van der Waals surface area (Å²) in [5, 5.41) is 37.8. The highest BCUT2D eigenvalue weighted by molar-refractivity contribution is 7.35. The van der Waals surface area contributed by atoms with Crippen molar-refractivity contribution in [2.24, 2.45) is 0 Å². The van der Waals surface area contributed by atoms with E-state index in [1.54, 1.807) is 34.8 Å². The van der Waals surface area contributed by atoms with Gasteiger partial charge in [0.05, 0.1) is 57.3 Å². The number of rotatable bonds is 2. The van der Waals surface area contributed by atoms with Crippen LogP contribution in [0.5, 0.6) is 5.75 Å². The fraction of sp³-hybridized carbons (Fsp3) is 0.143. The molecule has 1 fully saturated rings. The first-order valence-electron chi connectivity index (χ1n) is 17.1. The second-order valence-corrected chi connectivity index (χ2v) is 17.9. The summed E-state index contributed by atoms with van der Waals surface area (Å²) in [6.07, 6.45) is 7.94. The van der Waals surface area contributed by atoms with Crippen LogP contribution in [-0.2, 0) is 5.60 Å². The molecule has 0 N–H and O–H groups in total. The molecule has 1 aliphatic heterocycles. The minimum atomic E-state index is -0.572. The van der Waals surface area contributed by atoms with Gasteiger partial charge in [0.15, 0.2) is 28.9 Å². The van der Waals surface area contributed by atoms with Crippen molar-refractivity contribution in [2.45, 2.75) is 37.7 Å². The monoisotopic (exact) mass is 786 g/mol. The molecule has 0 atom stereocenters. The number of ether oxygens (including phenoxy) is 1. The molecular weight excluding hydrogens is 769 g/mol. The molecule has 5 heterocycles. The van der Waals surface area contributed by atoms with E-state index in [4.69, 9.17) is 4.74 Å². The Balaban J connectivity index is 1.04. The number of allylic oxidation sites excluding steroid dienone is 2. The van der Waals surface area contributed by atoms with Crippen molar-refractivity contribution in [1.82, 2.24) is 0 Å². The first-order chi connectivity index (χ1) is 26.7. The fourth-order valence-corrected chi connectivity index (χ4v) is 13.5. The number of hydrogen-bond donors (Lipinski definition) is 0. The largest absolute Gasteiger partial charge is 0.479 e. The molecule has 0 saturated heterocycles. The minimum absolute atomic E-state index is 0.00306. The van der Waals surface area contributed by atoms with Gasteiger partial charge >= 0.3 is 0 Å². The molecule has 10 rings (SSSR count). The summed E-state index contributed by atoms with van der Waals surface area (Å²) in [5.74, 6) is -1.06. The van der Waals surface area contributed by atoms with Crippen molar-refractivity contribution in [1.29, 1.82) is 21.0 Å². The normalized spacial score (nSPS) is 16.3. The molecule has 3 aliphatic carbocycles. The van der Waals surface area contributed by atoms with E-state index >= 15 is 0 Å². The standard InChI is InChI=1S/C42H18N4O5S4/c43-14-18-6-24-25(7-19(18)15-44)34(48)28(33(24)47)10-22-12-30-38(52-22)32-40(54-30)41-37(51-42(32)4-2-1-3-5-42)39-31(55-41)13-23(53-39)11-29-35(49)26-8-20(16-45)21(17-46)9-27(26)36(29)50/h6-13H,1-5H2. The van der Waals surface area contributed by atoms with Gasteiger partial charge in [-0.05, 0) is 74.2 Å². The average Bonchev–Trinajstić information content (AvgIpc) is 4.02. The molecule has 4 aromatic heterocycles. The lowest BCUT2D eigenvalue weighted by atomic mass is 9.78. The highest BCUT2D eigenvalue weighted by atomic mass is 32.1. The fourth-order valence-electron chi connectivity index (χ4n) is 8.13. The Morgan fingerprint density at radius 1 is 0.545 bits per heavy atom. The number of hydrogen-bond acceptors (Lipinski definition) is 13. The minimum Gasteiger partial charge on any atom is -0.479 e. The highest BCUT2D eigenvalue weighted by Gasteiger charge is 2.47. The first kappa shape index (κ1) is 33.3. The van der Waals surface area contributed by atoms with Gasteiger partial charge < -0.3 is 4.74 Å². The number of benzene rings is 2. The Labute approximate surface area is 327 Å². The van der Waals surface area contributed by atoms with Gasteiger partial charge in [-0.2, -0.15) is 21.0 Å². The molecule has 55 heavy (non-hydrogen) atoms. The molecule has 0 amide bonds. The SMILES string of the molecule is N#Cc1cc2c(cc1C#N)C(=O)C(=Cc1cc3sc4c(c3s1)OC1(CCCCC1)c1c-4sc3cc(C=C4C(=O)c5cc(C#N)c(C#N)cc5C4=O)sc13)C2=O. The molecule has 0 bridgehead atoms. The Morgan fingerprint density at radius 3 is 1.42 bits per heavy atom. The maximum Gasteiger partial charge on any atom is 0.197 e. The maximum atomic E-state index is 13.4. The molecule has 1 spiro atoms.